The van der Waals surface area contributed by atoms with Crippen LogP contribution in [0.5, 0.6) is 0 Å². The van der Waals surface area contributed by atoms with Gasteiger partial charge in [0.15, 0.2) is 0 Å². The van der Waals surface area contributed by atoms with Gasteiger partial charge in [0.25, 0.3) is 0 Å². The molecule has 0 saturated heterocycles. The molecular formula is C15H14N4O2. The molecule has 2 amide bonds. The number of carbonyl (C=O) groups is 2. The number of carbonyl (C=O) groups excluding carboxylic acids is 2. The lowest BCUT2D eigenvalue weighted by atomic mass is 10.1. The van der Waals surface area contributed by atoms with Gasteiger partial charge in [-0.05, 0) is 35.9 Å². The van der Waals surface area contributed by atoms with Gasteiger partial charge < -0.3 is 11.5 Å². The molecule has 0 atom stereocenters. The number of rotatable bonds is 5. The van der Waals surface area contributed by atoms with Gasteiger partial charge in [-0.2, -0.15) is 10.2 Å². The highest BCUT2D eigenvalue weighted by Gasteiger charge is 2.02. The van der Waals surface area contributed by atoms with Gasteiger partial charge in [-0.1, -0.05) is 18.2 Å². The van der Waals surface area contributed by atoms with E-state index in [0.29, 0.717) is 23.4 Å². The topological polar surface area (TPSA) is 111 Å². The fourth-order valence-corrected chi connectivity index (χ4v) is 1.74. The normalized spacial score (nSPS) is 10.7. The van der Waals surface area contributed by atoms with E-state index in [1.807, 2.05) is 6.07 Å². The Kier molecular flexibility index (Phi) is 4.40. The molecule has 0 aliphatic rings. The molecular weight excluding hydrogens is 268 g/mol. The summed E-state index contributed by atoms with van der Waals surface area (Å²) >= 11 is 0. The average molecular weight is 282 g/mol. The van der Waals surface area contributed by atoms with Crippen molar-refractivity contribution < 1.29 is 9.59 Å². The van der Waals surface area contributed by atoms with Crippen LogP contribution < -0.4 is 11.5 Å². The van der Waals surface area contributed by atoms with Gasteiger partial charge in [0.2, 0.25) is 11.8 Å². The van der Waals surface area contributed by atoms with Crippen LogP contribution >= 0.6 is 0 Å². The van der Waals surface area contributed by atoms with Crippen LogP contribution in [-0.4, -0.2) is 11.8 Å². The Morgan fingerprint density at radius 3 is 2.19 bits per heavy atom. The quantitative estimate of drug-likeness (QED) is 0.819. The lowest BCUT2D eigenvalue weighted by molar-refractivity contribution is 0.0992. The molecule has 0 aliphatic heterocycles. The van der Waals surface area contributed by atoms with Crippen LogP contribution in [0.25, 0.3) is 0 Å². The number of hydrogen-bond acceptors (Lipinski definition) is 4. The van der Waals surface area contributed by atoms with Crippen molar-refractivity contribution in [2.24, 2.45) is 21.7 Å². The molecule has 0 radical (unpaired) electrons. The van der Waals surface area contributed by atoms with Gasteiger partial charge in [-0.25, -0.2) is 0 Å². The third kappa shape index (κ3) is 3.97. The van der Waals surface area contributed by atoms with Crippen molar-refractivity contribution in [1.82, 2.24) is 0 Å². The van der Waals surface area contributed by atoms with Crippen molar-refractivity contribution >= 4 is 17.5 Å². The summed E-state index contributed by atoms with van der Waals surface area (Å²) in [6, 6.07) is 13.4. The maximum Gasteiger partial charge on any atom is 0.248 e. The predicted octanol–water partition coefficient (Wildman–Crippen LogP) is 2.17. The first-order valence-electron chi connectivity index (χ1n) is 6.22. The summed E-state index contributed by atoms with van der Waals surface area (Å²) < 4.78 is 0. The second kappa shape index (κ2) is 6.42. The second-order valence-electron chi connectivity index (χ2n) is 4.38. The van der Waals surface area contributed by atoms with E-state index in [9.17, 15) is 9.59 Å². The minimum atomic E-state index is -0.513. The van der Waals surface area contributed by atoms with Crippen molar-refractivity contribution in [3.8, 4) is 0 Å². The lowest BCUT2D eigenvalue weighted by Crippen LogP contribution is -2.10. The fourth-order valence-electron chi connectivity index (χ4n) is 1.74. The van der Waals surface area contributed by atoms with Crippen molar-refractivity contribution in [2.75, 3.05) is 0 Å². The molecule has 2 rings (SSSR count). The predicted molar refractivity (Wildman–Crippen MR) is 78.1 cm³/mol. The molecule has 0 spiro atoms. The average Bonchev–Trinajstić information content (AvgIpc) is 2.48. The van der Waals surface area contributed by atoms with E-state index >= 15 is 0 Å². The number of amides is 2. The Morgan fingerprint density at radius 2 is 1.52 bits per heavy atom. The lowest BCUT2D eigenvalue weighted by Gasteiger charge is -1.99. The first kappa shape index (κ1) is 14.4. The molecule has 0 unspecified atom stereocenters. The smallest absolute Gasteiger partial charge is 0.248 e. The van der Waals surface area contributed by atoms with Crippen LogP contribution in [0.15, 0.2) is 58.8 Å². The summed E-state index contributed by atoms with van der Waals surface area (Å²) in [6.45, 7) is 0.307. The second-order valence-corrected chi connectivity index (χ2v) is 4.38. The SMILES string of the molecule is NC(=O)c1cccc(CN=Nc2cccc(C(N)=O)c2)c1. The zero-order valence-electron chi connectivity index (χ0n) is 11.2. The van der Waals surface area contributed by atoms with Crippen molar-refractivity contribution in [3.05, 3.63) is 65.2 Å². The minimum Gasteiger partial charge on any atom is -0.366 e. The Balaban J connectivity index is 2.09. The maximum atomic E-state index is 11.1. The molecule has 0 aliphatic carbocycles. The van der Waals surface area contributed by atoms with Crippen LogP contribution in [-0.2, 0) is 6.54 Å². The van der Waals surface area contributed by atoms with Gasteiger partial charge in [-0.15, -0.1) is 0 Å². The maximum absolute atomic E-state index is 11.1. The Bertz CT molecular complexity index is 710. The zero-order chi connectivity index (χ0) is 15.2. The van der Waals surface area contributed by atoms with Crippen LogP contribution in [0.3, 0.4) is 0 Å². The first-order valence-corrected chi connectivity index (χ1v) is 6.22. The summed E-state index contributed by atoms with van der Waals surface area (Å²) in [5.74, 6) is -0.996. The van der Waals surface area contributed by atoms with Crippen LogP contribution in [0.4, 0.5) is 5.69 Å². The Morgan fingerprint density at radius 1 is 0.905 bits per heavy atom. The fraction of sp³-hybridized carbons (Fsp3) is 0.0667. The molecule has 4 N–H and O–H groups in total. The van der Waals surface area contributed by atoms with Crippen molar-refractivity contribution in [2.45, 2.75) is 6.54 Å². The highest BCUT2D eigenvalue weighted by Crippen LogP contribution is 2.15. The number of benzene rings is 2. The van der Waals surface area contributed by atoms with Crippen LogP contribution in [0, 0.1) is 0 Å². The summed E-state index contributed by atoms with van der Waals surface area (Å²) in [7, 11) is 0. The Labute approximate surface area is 121 Å². The largest absolute Gasteiger partial charge is 0.366 e. The van der Waals surface area contributed by atoms with Crippen molar-refractivity contribution in [3.63, 3.8) is 0 Å². The molecule has 6 heteroatoms. The van der Waals surface area contributed by atoms with Crippen molar-refractivity contribution in [1.29, 1.82) is 0 Å². The first-order chi connectivity index (χ1) is 10.1. The van der Waals surface area contributed by atoms with Crippen LogP contribution in [0.1, 0.15) is 26.3 Å². The van der Waals surface area contributed by atoms with Gasteiger partial charge in [0, 0.05) is 11.1 Å². The third-order valence-corrected chi connectivity index (χ3v) is 2.78. The number of primary amides is 2. The van der Waals surface area contributed by atoms with E-state index in [4.69, 9.17) is 11.5 Å². The van der Waals surface area contributed by atoms with Gasteiger partial charge in [0.05, 0.1) is 12.2 Å². The molecule has 0 saturated carbocycles. The molecule has 2 aromatic carbocycles. The molecule has 21 heavy (non-hydrogen) atoms. The van der Waals surface area contributed by atoms with E-state index in [0.717, 1.165) is 5.56 Å². The van der Waals surface area contributed by atoms with E-state index in [1.165, 1.54) is 0 Å². The van der Waals surface area contributed by atoms with Crippen LogP contribution in [0.2, 0.25) is 0 Å². The van der Waals surface area contributed by atoms with E-state index in [1.54, 1.807) is 42.5 Å². The highest BCUT2D eigenvalue weighted by molar-refractivity contribution is 5.93. The number of nitrogens with zero attached hydrogens (tertiary/aromatic N) is 2. The van der Waals surface area contributed by atoms with E-state index in [2.05, 4.69) is 10.2 Å². The van der Waals surface area contributed by atoms with Gasteiger partial charge in [-0.3, -0.25) is 9.59 Å². The number of azo groups is 1. The van der Waals surface area contributed by atoms with Gasteiger partial charge >= 0.3 is 0 Å². The third-order valence-electron chi connectivity index (χ3n) is 2.78. The number of hydrogen-bond donors (Lipinski definition) is 2. The standard InChI is InChI=1S/C15H14N4O2/c16-14(20)11-4-1-3-10(7-11)9-18-19-13-6-2-5-12(8-13)15(17)21/h1-8H,9H2,(H2,16,20)(H2,17,21). The summed E-state index contributed by atoms with van der Waals surface area (Å²) in [6.07, 6.45) is 0. The van der Waals surface area contributed by atoms with E-state index < -0.39 is 11.8 Å². The molecule has 0 bridgehead atoms. The Hall–Kier alpha value is -3.02. The molecule has 2 aromatic rings. The van der Waals surface area contributed by atoms with E-state index in [-0.39, 0.29) is 0 Å². The zero-order valence-corrected chi connectivity index (χ0v) is 11.2. The molecule has 0 aromatic heterocycles. The molecule has 106 valence electrons. The summed E-state index contributed by atoms with van der Waals surface area (Å²) in [5.41, 5.74) is 12.6. The molecule has 0 fully saturated rings. The summed E-state index contributed by atoms with van der Waals surface area (Å²) in [4.78, 5) is 22.1. The molecule has 0 heterocycles. The number of nitrogens with two attached hydrogens (primary N) is 2. The summed E-state index contributed by atoms with van der Waals surface area (Å²) in [5, 5.41) is 8.05. The van der Waals surface area contributed by atoms with Gasteiger partial charge in [0.1, 0.15) is 0 Å². The monoisotopic (exact) mass is 282 g/mol. The highest BCUT2D eigenvalue weighted by atomic mass is 16.1. The minimum absolute atomic E-state index is 0.307. The molecule has 6 nitrogen and oxygen atoms in total.